The van der Waals surface area contributed by atoms with Crippen molar-refractivity contribution < 1.29 is 4.79 Å². The maximum atomic E-state index is 11.9. The fourth-order valence-corrected chi connectivity index (χ4v) is 2.52. The van der Waals surface area contributed by atoms with E-state index >= 15 is 0 Å². The molecule has 0 bridgehead atoms. The second-order valence-electron chi connectivity index (χ2n) is 4.74. The molecule has 3 N–H and O–H groups in total. The van der Waals surface area contributed by atoms with Crippen molar-refractivity contribution in [2.45, 2.75) is 25.8 Å². The molecule has 0 radical (unpaired) electrons. The molecular formula is C12H21N5O. The highest BCUT2D eigenvalue weighted by atomic mass is 16.2. The van der Waals surface area contributed by atoms with Crippen LogP contribution in [0.5, 0.6) is 0 Å². The summed E-state index contributed by atoms with van der Waals surface area (Å²) in [4.78, 5) is 14.3. The zero-order valence-corrected chi connectivity index (χ0v) is 11.0. The summed E-state index contributed by atoms with van der Waals surface area (Å²) in [6.07, 6.45) is 3.99. The molecule has 6 heteroatoms. The minimum atomic E-state index is -0.184. The molecule has 2 rings (SSSR count). The van der Waals surface area contributed by atoms with Crippen LogP contribution < -0.4 is 11.1 Å². The lowest BCUT2D eigenvalue weighted by atomic mass is 10.2. The highest BCUT2D eigenvalue weighted by Gasteiger charge is 2.24. The molecule has 100 valence electrons. The van der Waals surface area contributed by atoms with Crippen molar-refractivity contribution in [1.29, 1.82) is 0 Å². The number of nitrogens with one attached hydrogen (secondary N) is 1. The number of nitrogens with zero attached hydrogens (tertiary/aromatic N) is 3. The van der Waals surface area contributed by atoms with Gasteiger partial charge in [0.15, 0.2) is 5.69 Å². The van der Waals surface area contributed by atoms with E-state index in [9.17, 15) is 4.79 Å². The Morgan fingerprint density at radius 2 is 2.44 bits per heavy atom. The first-order valence-corrected chi connectivity index (χ1v) is 6.43. The third-order valence-corrected chi connectivity index (χ3v) is 3.48. The molecule has 1 aliphatic heterocycles. The van der Waals surface area contributed by atoms with E-state index < -0.39 is 0 Å². The third kappa shape index (κ3) is 2.64. The van der Waals surface area contributed by atoms with Crippen molar-refractivity contribution in [3.8, 4) is 0 Å². The Bertz CT molecular complexity index is 428. The topological polar surface area (TPSA) is 76.2 Å². The van der Waals surface area contributed by atoms with Crippen LogP contribution in [-0.2, 0) is 7.05 Å². The van der Waals surface area contributed by atoms with Crippen molar-refractivity contribution in [2.24, 2.45) is 7.05 Å². The molecule has 1 fully saturated rings. The molecule has 1 amide bonds. The van der Waals surface area contributed by atoms with Gasteiger partial charge in [0.2, 0.25) is 0 Å². The number of nitrogen functional groups attached to an aromatic ring is 1. The lowest BCUT2D eigenvalue weighted by Gasteiger charge is -2.22. The van der Waals surface area contributed by atoms with Gasteiger partial charge in [0.05, 0.1) is 5.69 Å². The third-order valence-electron chi connectivity index (χ3n) is 3.48. The largest absolute Gasteiger partial charge is 0.396 e. The molecule has 1 saturated heterocycles. The second kappa shape index (κ2) is 5.39. The van der Waals surface area contributed by atoms with Gasteiger partial charge in [-0.3, -0.25) is 14.4 Å². The first-order chi connectivity index (χ1) is 8.61. The van der Waals surface area contributed by atoms with Crippen LogP contribution in [0.15, 0.2) is 6.20 Å². The number of likely N-dealkylation sites (N-methyl/N-ethyl adjacent to an activating group) is 1. The minimum Gasteiger partial charge on any atom is -0.396 e. The summed E-state index contributed by atoms with van der Waals surface area (Å²) in [5.74, 6) is -0.184. The van der Waals surface area contributed by atoms with Gasteiger partial charge in [-0.1, -0.05) is 6.92 Å². The predicted octanol–water partition coefficient (Wildman–Crippen LogP) is 0.216. The molecule has 0 saturated carbocycles. The average Bonchev–Trinajstić information content (AvgIpc) is 2.92. The Balaban J connectivity index is 1.90. The standard InChI is InChI=1S/C12H21N5O/c1-3-17-6-4-5-9(17)7-14-12(18)11-10(13)8-16(2)15-11/h8-9H,3-7,13H2,1-2H3,(H,14,18). The molecule has 1 unspecified atom stereocenters. The fraction of sp³-hybridized carbons (Fsp3) is 0.667. The van der Waals surface area contributed by atoms with Crippen LogP contribution in [0.4, 0.5) is 5.69 Å². The molecule has 0 spiro atoms. The van der Waals surface area contributed by atoms with E-state index in [1.54, 1.807) is 17.9 Å². The van der Waals surface area contributed by atoms with Gasteiger partial charge in [0, 0.05) is 25.8 Å². The maximum absolute atomic E-state index is 11.9. The van der Waals surface area contributed by atoms with Crippen LogP contribution in [-0.4, -0.2) is 46.3 Å². The number of carbonyl (C=O) groups is 1. The maximum Gasteiger partial charge on any atom is 0.273 e. The number of hydrogen-bond acceptors (Lipinski definition) is 4. The summed E-state index contributed by atoms with van der Waals surface area (Å²) < 4.78 is 1.55. The number of anilines is 1. The number of amides is 1. The van der Waals surface area contributed by atoms with Gasteiger partial charge in [-0.2, -0.15) is 5.10 Å². The zero-order chi connectivity index (χ0) is 13.1. The Hall–Kier alpha value is -1.56. The van der Waals surface area contributed by atoms with Gasteiger partial charge < -0.3 is 11.1 Å². The van der Waals surface area contributed by atoms with Gasteiger partial charge in [-0.25, -0.2) is 0 Å². The highest BCUT2D eigenvalue weighted by molar-refractivity contribution is 5.96. The van der Waals surface area contributed by atoms with E-state index in [1.165, 1.54) is 6.42 Å². The summed E-state index contributed by atoms with van der Waals surface area (Å²) in [6.45, 7) is 4.98. The molecule has 0 aliphatic carbocycles. The molecule has 6 nitrogen and oxygen atoms in total. The number of nitrogens with two attached hydrogens (primary N) is 1. The lowest BCUT2D eigenvalue weighted by Crippen LogP contribution is -2.40. The lowest BCUT2D eigenvalue weighted by molar-refractivity contribution is 0.0936. The summed E-state index contributed by atoms with van der Waals surface area (Å²) in [5, 5.41) is 6.98. The van der Waals surface area contributed by atoms with Crippen LogP contribution in [0.25, 0.3) is 0 Å². The Morgan fingerprint density at radius 3 is 3.06 bits per heavy atom. The molecule has 1 aromatic heterocycles. The average molecular weight is 251 g/mol. The molecule has 2 heterocycles. The number of likely N-dealkylation sites (tertiary alicyclic amines) is 1. The van der Waals surface area contributed by atoms with Gasteiger partial charge >= 0.3 is 0 Å². The second-order valence-corrected chi connectivity index (χ2v) is 4.74. The van der Waals surface area contributed by atoms with Crippen LogP contribution in [0.3, 0.4) is 0 Å². The van der Waals surface area contributed by atoms with Crippen molar-refractivity contribution in [2.75, 3.05) is 25.4 Å². The fourth-order valence-electron chi connectivity index (χ4n) is 2.52. The first kappa shape index (κ1) is 12.9. The van der Waals surface area contributed by atoms with Gasteiger partial charge in [0.25, 0.3) is 5.91 Å². The summed E-state index contributed by atoms with van der Waals surface area (Å²) >= 11 is 0. The zero-order valence-electron chi connectivity index (χ0n) is 11.0. The van der Waals surface area contributed by atoms with Crippen molar-refractivity contribution in [1.82, 2.24) is 20.0 Å². The van der Waals surface area contributed by atoms with Gasteiger partial charge in [-0.15, -0.1) is 0 Å². The SMILES string of the molecule is CCN1CCCC1CNC(=O)c1nn(C)cc1N. The van der Waals surface area contributed by atoms with Crippen LogP contribution in [0, 0.1) is 0 Å². The predicted molar refractivity (Wildman–Crippen MR) is 70.2 cm³/mol. The van der Waals surface area contributed by atoms with E-state index in [1.807, 2.05) is 0 Å². The Kier molecular flexibility index (Phi) is 3.86. The van der Waals surface area contributed by atoms with E-state index in [0.29, 0.717) is 24.0 Å². The smallest absolute Gasteiger partial charge is 0.273 e. The molecule has 1 aliphatic rings. The molecule has 1 aromatic rings. The molecule has 0 aromatic carbocycles. The number of aryl methyl sites for hydroxylation is 1. The van der Waals surface area contributed by atoms with Gasteiger partial charge in [-0.05, 0) is 25.9 Å². The van der Waals surface area contributed by atoms with Crippen molar-refractivity contribution in [3.05, 3.63) is 11.9 Å². The summed E-state index contributed by atoms with van der Waals surface area (Å²) in [7, 11) is 1.75. The monoisotopic (exact) mass is 251 g/mol. The number of aromatic nitrogens is 2. The van der Waals surface area contributed by atoms with E-state index in [-0.39, 0.29) is 5.91 Å². The number of hydrogen-bond donors (Lipinski definition) is 2. The van der Waals surface area contributed by atoms with Gasteiger partial charge in [0.1, 0.15) is 0 Å². The summed E-state index contributed by atoms with van der Waals surface area (Å²) in [5.41, 5.74) is 6.47. The normalized spacial score (nSPS) is 20.2. The van der Waals surface area contributed by atoms with Crippen LogP contribution in [0.1, 0.15) is 30.3 Å². The quantitative estimate of drug-likeness (QED) is 0.802. The minimum absolute atomic E-state index is 0.184. The highest BCUT2D eigenvalue weighted by Crippen LogP contribution is 2.16. The number of carbonyl (C=O) groups excluding carboxylic acids is 1. The van der Waals surface area contributed by atoms with E-state index in [0.717, 1.165) is 19.5 Å². The van der Waals surface area contributed by atoms with Crippen LogP contribution >= 0.6 is 0 Å². The van der Waals surface area contributed by atoms with Crippen LogP contribution in [0.2, 0.25) is 0 Å². The molecular weight excluding hydrogens is 230 g/mol. The van der Waals surface area contributed by atoms with Crippen molar-refractivity contribution >= 4 is 11.6 Å². The van der Waals surface area contributed by atoms with E-state index in [2.05, 4.69) is 22.2 Å². The van der Waals surface area contributed by atoms with Crippen molar-refractivity contribution in [3.63, 3.8) is 0 Å². The number of rotatable bonds is 4. The summed E-state index contributed by atoms with van der Waals surface area (Å²) in [6, 6.07) is 0.448. The Morgan fingerprint density at radius 1 is 1.67 bits per heavy atom. The first-order valence-electron chi connectivity index (χ1n) is 6.43. The molecule has 18 heavy (non-hydrogen) atoms. The van der Waals surface area contributed by atoms with E-state index in [4.69, 9.17) is 5.73 Å². The Labute approximate surface area is 107 Å². The molecule has 1 atom stereocenters.